The second kappa shape index (κ2) is 13.3. The molecule has 2 unspecified atom stereocenters. The number of urea groups is 1. The summed E-state index contributed by atoms with van der Waals surface area (Å²) in [5.41, 5.74) is 1.54. The third-order valence-electron chi connectivity index (χ3n) is 5.87. The van der Waals surface area contributed by atoms with Crippen molar-refractivity contribution in [3.8, 4) is 11.1 Å². The molecule has 0 aliphatic heterocycles. The number of benzene rings is 3. The number of nitrogens with zero attached hydrogens (tertiary/aromatic N) is 3. The van der Waals surface area contributed by atoms with E-state index in [1.807, 2.05) is 0 Å². The van der Waals surface area contributed by atoms with Crippen LogP contribution < -0.4 is 21.3 Å². The molecule has 4 aromatic rings. The second-order valence-electron chi connectivity index (χ2n) is 9.06. The van der Waals surface area contributed by atoms with Gasteiger partial charge < -0.3 is 26.4 Å². The highest BCUT2D eigenvalue weighted by Gasteiger charge is 2.30. The summed E-state index contributed by atoms with van der Waals surface area (Å²) in [6.07, 6.45) is -2.92. The standard InChI is InChI=1S/C28H28F3N7O3S/c1-17(16-39)34-25-24(15-33-26(38-25)35-20-10-12-23(13-11-20)42(41)32-2)18-6-8-21(9-7-18)36-27(40)37-22-5-3-4-19(14-22)28(29,30)31/h3-15,17,39,42H,16H2,1-2H3,(H2,36,37,40)(H2,33,34,35,38). The van der Waals surface area contributed by atoms with Gasteiger partial charge in [0.05, 0.1) is 22.8 Å². The van der Waals surface area contributed by atoms with Crippen LogP contribution in [0.4, 0.5) is 46.8 Å². The number of hydrogen-bond donors (Lipinski definition) is 6. The lowest BCUT2D eigenvalue weighted by molar-refractivity contribution is -0.137. The highest BCUT2D eigenvalue weighted by atomic mass is 32.2. The fourth-order valence-corrected chi connectivity index (χ4v) is 4.39. The monoisotopic (exact) mass is 599 g/mol. The molecule has 42 heavy (non-hydrogen) atoms. The number of rotatable bonds is 9. The van der Waals surface area contributed by atoms with Crippen LogP contribution in [0.25, 0.3) is 11.1 Å². The van der Waals surface area contributed by atoms with Gasteiger partial charge in [-0.2, -0.15) is 18.2 Å². The predicted octanol–water partition coefficient (Wildman–Crippen LogP) is 6.00. The first-order chi connectivity index (χ1) is 20.0. The van der Waals surface area contributed by atoms with Crippen molar-refractivity contribution >= 4 is 45.5 Å². The van der Waals surface area contributed by atoms with Crippen LogP contribution in [0.5, 0.6) is 0 Å². The SMILES string of the molecule is CN=[SH](=O)c1ccc(Nc2ncc(-c3ccc(NC(=O)Nc4cccc(C(F)(F)F)c4)cc3)c(NC(C)CO)n2)cc1. The smallest absolute Gasteiger partial charge is 0.394 e. The van der Waals surface area contributed by atoms with Crippen molar-refractivity contribution in [2.24, 2.45) is 4.36 Å². The highest BCUT2D eigenvalue weighted by molar-refractivity contribution is 7.75. The van der Waals surface area contributed by atoms with Crippen molar-refractivity contribution in [1.29, 1.82) is 0 Å². The van der Waals surface area contributed by atoms with E-state index in [9.17, 15) is 27.3 Å². The zero-order chi connectivity index (χ0) is 30.3. The second-order valence-corrected chi connectivity index (χ2v) is 10.5. The number of aliphatic hydroxyl groups excluding tert-OH is 1. The van der Waals surface area contributed by atoms with Crippen LogP contribution in [0, 0.1) is 0 Å². The minimum Gasteiger partial charge on any atom is -0.394 e. The molecule has 1 heterocycles. The Kier molecular flexibility index (Phi) is 9.60. The number of hydrogen-bond acceptors (Lipinski definition) is 8. The first kappa shape index (κ1) is 30.3. The molecule has 0 spiro atoms. The molecule has 0 bridgehead atoms. The van der Waals surface area contributed by atoms with E-state index in [4.69, 9.17) is 0 Å². The summed E-state index contributed by atoms with van der Waals surface area (Å²) in [4.78, 5) is 21.9. The van der Waals surface area contributed by atoms with Gasteiger partial charge in [-0.1, -0.05) is 18.2 Å². The number of carbonyl (C=O) groups is 1. The van der Waals surface area contributed by atoms with Gasteiger partial charge >= 0.3 is 12.2 Å². The predicted molar refractivity (Wildman–Crippen MR) is 158 cm³/mol. The Bertz CT molecular complexity index is 1630. The van der Waals surface area contributed by atoms with Gasteiger partial charge in [0.25, 0.3) is 0 Å². The topological polar surface area (TPSA) is 141 Å². The van der Waals surface area contributed by atoms with Gasteiger partial charge in [0, 0.05) is 46.8 Å². The van der Waals surface area contributed by atoms with E-state index in [1.165, 1.54) is 19.2 Å². The van der Waals surface area contributed by atoms with E-state index in [-0.39, 0.29) is 24.3 Å². The Labute approximate surface area is 241 Å². The highest BCUT2D eigenvalue weighted by Crippen LogP contribution is 2.31. The van der Waals surface area contributed by atoms with Gasteiger partial charge in [0.2, 0.25) is 5.95 Å². The van der Waals surface area contributed by atoms with Crippen LogP contribution in [0.2, 0.25) is 0 Å². The summed E-state index contributed by atoms with van der Waals surface area (Å²) in [5, 5.41) is 20.8. The molecule has 0 saturated heterocycles. The average molecular weight is 600 g/mol. The maximum atomic E-state index is 12.9. The molecular weight excluding hydrogens is 571 g/mol. The Morgan fingerprint density at radius 3 is 2.31 bits per heavy atom. The summed E-state index contributed by atoms with van der Waals surface area (Å²) in [6, 6.07) is 16.9. The van der Waals surface area contributed by atoms with Gasteiger partial charge in [-0.05, 0) is 67.1 Å². The third kappa shape index (κ3) is 7.95. The molecule has 10 nitrogen and oxygen atoms in total. The zero-order valence-corrected chi connectivity index (χ0v) is 23.4. The van der Waals surface area contributed by atoms with Crippen molar-refractivity contribution in [3.63, 3.8) is 0 Å². The quantitative estimate of drug-likeness (QED) is 0.130. The third-order valence-corrected chi connectivity index (χ3v) is 6.98. The molecule has 2 amide bonds. The summed E-state index contributed by atoms with van der Waals surface area (Å²) >= 11 is 0. The largest absolute Gasteiger partial charge is 0.416 e. The minimum atomic E-state index is -4.52. The molecule has 1 aromatic heterocycles. The van der Waals surface area contributed by atoms with E-state index >= 15 is 0 Å². The van der Waals surface area contributed by atoms with Crippen LogP contribution >= 0.6 is 0 Å². The van der Waals surface area contributed by atoms with Crippen molar-refractivity contribution in [2.75, 3.05) is 34.9 Å². The average Bonchev–Trinajstić information content (AvgIpc) is 2.97. The normalized spacial score (nSPS) is 12.8. The minimum absolute atomic E-state index is 0.00129. The number of aromatic nitrogens is 2. The van der Waals surface area contributed by atoms with Gasteiger partial charge in [0.1, 0.15) is 5.82 Å². The molecule has 0 saturated carbocycles. The molecule has 3 aromatic carbocycles. The molecule has 4 rings (SSSR count). The maximum absolute atomic E-state index is 12.9. The van der Waals surface area contributed by atoms with E-state index in [1.54, 1.807) is 61.7 Å². The van der Waals surface area contributed by atoms with Crippen molar-refractivity contribution in [2.45, 2.75) is 24.0 Å². The number of anilines is 5. The van der Waals surface area contributed by atoms with Gasteiger partial charge in [-0.3, -0.25) is 0 Å². The van der Waals surface area contributed by atoms with Crippen molar-refractivity contribution in [3.05, 3.63) is 84.6 Å². The zero-order valence-electron chi connectivity index (χ0n) is 22.5. The Morgan fingerprint density at radius 1 is 1.00 bits per heavy atom. The van der Waals surface area contributed by atoms with Gasteiger partial charge in [-0.25, -0.2) is 18.4 Å². The van der Waals surface area contributed by atoms with Crippen molar-refractivity contribution < 1.29 is 27.3 Å². The van der Waals surface area contributed by atoms with Gasteiger partial charge in [0.15, 0.2) is 0 Å². The number of aliphatic hydroxyl groups is 1. The van der Waals surface area contributed by atoms with E-state index in [0.717, 1.165) is 12.1 Å². The van der Waals surface area contributed by atoms with E-state index in [0.29, 0.717) is 33.2 Å². The molecule has 0 aliphatic carbocycles. The first-order valence-corrected chi connectivity index (χ1v) is 13.8. The summed E-state index contributed by atoms with van der Waals surface area (Å²) in [7, 11) is -0.305. The molecule has 14 heteroatoms. The summed E-state index contributed by atoms with van der Waals surface area (Å²) in [5.74, 6) is 0.731. The molecule has 5 N–H and O–H groups in total. The fourth-order valence-electron chi connectivity index (χ4n) is 3.76. The first-order valence-electron chi connectivity index (χ1n) is 12.6. The van der Waals surface area contributed by atoms with E-state index in [2.05, 4.69) is 35.6 Å². The molecular formula is C28H28F3N7O3S. The number of nitrogens with one attached hydrogen (secondary N) is 4. The van der Waals surface area contributed by atoms with Crippen LogP contribution in [-0.4, -0.2) is 45.0 Å². The summed E-state index contributed by atoms with van der Waals surface area (Å²) < 4.78 is 54.5. The Morgan fingerprint density at radius 2 is 1.67 bits per heavy atom. The molecule has 0 fully saturated rings. The lowest BCUT2D eigenvalue weighted by Crippen LogP contribution is -2.21. The lowest BCUT2D eigenvalue weighted by Gasteiger charge is -2.17. The Hall–Kier alpha value is -4.69. The van der Waals surface area contributed by atoms with Crippen LogP contribution in [0.15, 0.2) is 88.3 Å². The number of thiol groups is 1. The maximum Gasteiger partial charge on any atom is 0.416 e. The molecule has 2 atom stereocenters. The number of alkyl halides is 3. The van der Waals surface area contributed by atoms with Gasteiger partial charge in [-0.15, -0.1) is 0 Å². The van der Waals surface area contributed by atoms with Crippen LogP contribution in [0.1, 0.15) is 12.5 Å². The number of halogens is 3. The van der Waals surface area contributed by atoms with Crippen molar-refractivity contribution in [1.82, 2.24) is 9.97 Å². The summed E-state index contributed by atoms with van der Waals surface area (Å²) in [6.45, 7) is 1.64. The fraction of sp³-hybridized carbons (Fsp3) is 0.179. The molecule has 0 radical (unpaired) electrons. The molecule has 0 aliphatic rings. The number of carbonyl (C=O) groups excluding carboxylic acids is 1. The van der Waals surface area contributed by atoms with Crippen LogP contribution in [0.3, 0.4) is 0 Å². The molecule has 220 valence electrons. The Balaban J connectivity index is 1.49. The lowest BCUT2D eigenvalue weighted by atomic mass is 10.1. The number of amides is 2. The van der Waals surface area contributed by atoms with Crippen LogP contribution in [-0.2, 0) is 16.8 Å². The van der Waals surface area contributed by atoms with E-state index < -0.39 is 28.4 Å².